The summed E-state index contributed by atoms with van der Waals surface area (Å²) in [6, 6.07) is 15.3. The lowest BCUT2D eigenvalue weighted by atomic mass is 10.1. The summed E-state index contributed by atoms with van der Waals surface area (Å²) in [5.74, 6) is 0.927. The Kier molecular flexibility index (Phi) is 7.17. The number of ether oxygens (including phenoxy) is 2. The third-order valence-corrected chi connectivity index (χ3v) is 3.94. The van der Waals surface area contributed by atoms with Crippen LogP contribution in [0.2, 0.25) is 0 Å². The number of methoxy groups -OCH3 is 2. The fourth-order valence-corrected chi connectivity index (χ4v) is 2.62. The number of benzene rings is 2. The van der Waals surface area contributed by atoms with Gasteiger partial charge in [-0.05, 0) is 48.5 Å². The Hall–Kier alpha value is -2.86. The van der Waals surface area contributed by atoms with Gasteiger partial charge in [0.1, 0.15) is 0 Å². The van der Waals surface area contributed by atoms with Crippen molar-refractivity contribution >= 4 is 29.3 Å². The van der Waals surface area contributed by atoms with Gasteiger partial charge < -0.3 is 14.8 Å². The largest absolute Gasteiger partial charge is 0.493 e. The molecule has 2 N–H and O–H groups in total. The molecular weight excluding hydrogens is 348 g/mol. The van der Waals surface area contributed by atoms with Gasteiger partial charge in [0.2, 0.25) is 5.91 Å². The number of nitrogens with one attached hydrogen (secondary N) is 2. The van der Waals surface area contributed by atoms with Crippen LogP contribution in [0.25, 0.3) is 6.08 Å². The highest BCUT2D eigenvalue weighted by Gasteiger charge is 2.08. The van der Waals surface area contributed by atoms with E-state index in [0.29, 0.717) is 11.5 Å². The van der Waals surface area contributed by atoms with Gasteiger partial charge in [-0.2, -0.15) is 0 Å². The molecule has 2 rings (SSSR count). The van der Waals surface area contributed by atoms with E-state index < -0.39 is 0 Å². The molecule has 0 fully saturated rings. The molecule has 0 radical (unpaired) electrons. The second-order valence-electron chi connectivity index (χ2n) is 5.54. The van der Waals surface area contributed by atoms with Crippen molar-refractivity contribution in [2.45, 2.75) is 13.0 Å². The van der Waals surface area contributed by atoms with Crippen molar-refractivity contribution in [2.24, 2.45) is 0 Å². The minimum absolute atomic E-state index is 0.00108. The van der Waals surface area contributed by atoms with E-state index in [1.807, 2.05) is 43.3 Å². The van der Waals surface area contributed by atoms with Crippen LogP contribution in [0.5, 0.6) is 11.5 Å². The minimum atomic E-state index is -0.308. The second kappa shape index (κ2) is 9.58. The number of hydrogen-bond donors (Lipinski definition) is 2. The van der Waals surface area contributed by atoms with E-state index in [-0.39, 0.29) is 17.1 Å². The third-order valence-electron chi connectivity index (χ3n) is 3.72. The van der Waals surface area contributed by atoms with Crippen LogP contribution in [0.15, 0.2) is 54.6 Å². The summed E-state index contributed by atoms with van der Waals surface area (Å²) in [6.45, 7) is 1.98. The Morgan fingerprint density at radius 1 is 1.08 bits per heavy atom. The third kappa shape index (κ3) is 5.60. The number of amides is 1. The summed E-state index contributed by atoms with van der Waals surface area (Å²) in [6.07, 6.45) is 3.10. The molecule has 1 atom stereocenters. The lowest BCUT2D eigenvalue weighted by Gasteiger charge is -2.16. The molecule has 1 amide bonds. The van der Waals surface area contributed by atoms with Crippen LogP contribution < -0.4 is 20.1 Å². The average molecular weight is 370 g/mol. The molecule has 0 heterocycles. The summed E-state index contributed by atoms with van der Waals surface area (Å²) in [5, 5.41) is 6.01. The summed E-state index contributed by atoms with van der Waals surface area (Å²) in [7, 11) is 3.14. The fourth-order valence-electron chi connectivity index (χ4n) is 2.34. The van der Waals surface area contributed by atoms with Gasteiger partial charge >= 0.3 is 0 Å². The van der Waals surface area contributed by atoms with Gasteiger partial charge in [0, 0.05) is 6.08 Å². The normalized spacial score (nSPS) is 11.7. The van der Waals surface area contributed by atoms with E-state index in [1.165, 1.54) is 6.08 Å². The van der Waals surface area contributed by atoms with Crippen LogP contribution in [-0.2, 0) is 4.79 Å². The van der Waals surface area contributed by atoms with Gasteiger partial charge in [-0.1, -0.05) is 36.4 Å². The van der Waals surface area contributed by atoms with Crippen molar-refractivity contribution in [2.75, 3.05) is 14.2 Å². The van der Waals surface area contributed by atoms with E-state index in [0.717, 1.165) is 11.1 Å². The summed E-state index contributed by atoms with van der Waals surface area (Å²) < 4.78 is 10.4. The lowest BCUT2D eigenvalue weighted by Crippen LogP contribution is -2.39. The molecule has 0 bridgehead atoms. The van der Waals surface area contributed by atoms with Crippen molar-refractivity contribution in [3.05, 3.63) is 65.7 Å². The fraction of sp³-hybridized carbons (Fsp3) is 0.200. The van der Waals surface area contributed by atoms with Crippen molar-refractivity contribution in [3.63, 3.8) is 0 Å². The van der Waals surface area contributed by atoms with Crippen molar-refractivity contribution in [3.8, 4) is 11.5 Å². The quantitative estimate of drug-likeness (QED) is 0.602. The molecule has 2 aromatic rings. The predicted octanol–water partition coefficient (Wildman–Crippen LogP) is 3.47. The first-order valence-electron chi connectivity index (χ1n) is 8.10. The highest BCUT2D eigenvalue weighted by Crippen LogP contribution is 2.27. The van der Waals surface area contributed by atoms with Gasteiger partial charge in [-0.15, -0.1) is 0 Å². The molecule has 0 aliphatic heterocycles. The number of carbonyl (C=O) groups is 1. The molecule has 0 aromatic heterocycles. The molecule has 0 spiro atoms. The van der Waals surface area contributed by atoms with Gasteiger partial charge in [0.05, 0.1) is 20.3 Å². The predicted molar refractivity (Wildman–Crippen MR) is 107 cm³/mol. The number of hydrogen-bond acceptors (Lipinski definition) is 4. The van der Waals surface area contributed by atoms with Gasteiger partial charge in [-0.3, -0.25) is 10.1 Å². The first-order valence-corrected chi connectivity index (χ1v) is 8.51. The highest BCUT2D eigenvalue weighted by molar-refractivity contribution is 7.80. The Balaban J connectivity index is 1.91. The van der Waals surface area contributed by atoms with E-state index in [1.54, 1.807) is 32.4 Å². The van der Waals surface area contributed by atoms with Crippen LogP contribution in [-0.4, -0.2) is 25.2 Å². The maximum atomic E-state index is 12.0. The minimum Gasteiger partial charge on any atom is -0.493 e. The molecule has 0 aliphatic rings. The Morgan fingerprint density at radius 3 is 2.42 bits per heavy atom. The molecule has 0 saturated carbocycles. The topological polar surface area (TPSA) is 59.6 Å². The van der Waals surface area contributed by atoms with Crippen molar-refractivity contribution in [1.82, 2.24) is 10.6 Å². The number of thiocarbonyl (C=S) groups is 1. The maximum absolute atomic E-state index is 12.0. The molecule has 0 unspecified atom stereocenters. The molecule has 6 heteroatoms. The van der Waals surface area contributed by atoms with Crippen molar-refractivity contribution in [1.29, 1.82) is 0 Å². The molecule has 0 saturated heterocycles. The second-order valence-corrected chi connectivity index (χ2v) is 5.95. The van der Waals surface area contributed by atoms with E-state index in [2.05, 4.69) is 10.6 Å². The standard InChI is InChI=1S/C20H22N2O3S/c1-14(16-7-5-4-6-8-16)21-20(26)22-19(23)12-10-15-9-11-17(24-2)18(13-15)25-3/h4-14H,1-3H3,(H2,21,22,23,26)/b12-10+/t14-/m1/s1. The number of carbonyl (C=O) groups excluding carboxylic acids is 1. The SMILES string of the molecule is COc1ccc(/C=C/C(=O)NC(=S)N[C@H](C)c2ccccc2)cc1OC. The zero-order valence-electron chi connectivity index (χ0n) is 15.0. The molecule has 136 valence electrons. The van der Waals surface area contributed by atoms with Crippen molar-refractivity contribution < 1.29 is 14.3 Å². The van der Waals surface area contributed by atoms with E-state index >= 15 is 0 Å². The van der Waals surface area contributed by atoms with Gasteiger partial charge in [0.25, 0.3) is 0 Å². The maximum Gasteiger partial charge on any atom is 0.250 e. The lowest BCUT2D eigenvalue weighted by molar-refractivity contribution is -0.115. The monoisotopic (exact) mass is 370 g/mol. The Bertz CT molecular complexity index is 791. The van der Waals surface area contributed by atoms with Gasteiger partial charge in [0.15, 0.2) is 16.6 Å². The van der Waals surface area contributed by atoms with Gasteiger partial charge in [-0.25, -0.2) is 0 Å². The molecule has 26 heavy (non-hydrogen) atoms. The zero-order valence-corrected chi connectivity index (χ0v) is 15.8. The van der Waals surface area contributed by atoms with Crippen LogP contribution in [0.4, 0.5) is 0 Å². The number of rotatable bonds is 6. The van der Waals surface area contributed by atoms with E-state index in [4.69, 9.17) is 21.7 Å². The average Bonchev–Trinajstić information content (AvgIpc) is 2.66. The summed E-state index contributed by atoms with van der Waals surface area (Å²) >= 11 is 5.20. The molecular formula is C20H22N2O3S. The Labute approximate surface area is 159 Å². The smallest absolute Gasteiger partial charge is 0.250 e. The summed E-state index contributed by atoms with van der Waals surface area (Å²) in [4.78, 5) is 12.0. The first-order chi connectivity index (χ1) is 12.5. The van der Waals surface area contributed by atoms with E-state index in [9.17, 15) is 4.79 Å². The first kappa shape index (κ1) is 19.5. The van der Waals surface area contributed by atoms with Crippen LogP contribution in [0, 0.1) is 0 Å². The molecule has 0 aliphatic carbocycles. The van der Waals surface area contributed by atoms with Crippen LogP contribution >= 0.6 is 12.2 Å². The van der Waals surface area contributed by atoms with Crippen LogP contribution in [0.3, 0.4) is 0 Å². The van der Waals surface area contributed by atoms with Crippen LogP contribution in [0.1, 0.15) is 24.1 Å². The molecule has 2 aromatic carbocycles. The zero-order chi connectivity index (χ0) is 18.9. The highest BCUT2D eigenvalue weighted by atomic mass is 32.1. The Morgan fingerprint density at radius 2 is 1.77 bits per heavy atom. The summed E-state index contributed by atoms with van der Waals surface area (Å²) in [5.41, 5.74) is 1.90. The molecule has 5 nitrogen and oxygen atoms in total.